The van der Waals surface area contributed by atoms with Crippen LogP contribution >= 0.6 is 12.4 Å². The second-order valence-electron chi connectivity index (χ2n) is 13.3. The number of hydrogen-bond donors (Lipinski definition) is 4. The molecule has 264 valence electrons. The number of hydrogen-bond acceptors (Lipinski definition) is 10. The highest BCUT2D eigenvalue weighted by Crippen LogP contribution is 2.32. The van der Waals surface area contributed by atoms with Crippen molar-refractivity contribution in [3.05, 3.63) is 58.7 Å². The van der Waals surface area contributed by atoms with Crippen molar-refractivity contribution in [1.29, 1.82) is 0 Å². The van der Waals surface area contributed by atoms with Crippen LogP contribution in [0.3, 0.4) is 0 Å². The number of phenolic OH excluding ortho intramolecular Hbond substituents is 2. The highest BCUT2D eigenvalue weighted by atomic mass is 35.5. The molecule has 2 amide bonds. The van der Waals surface area contributed by atoms with Crippen molar-refractivity contribution >= 4 is 36.3 Å². The zero-order chi connectivity index (χ0) is 34.3. The highest BCUT2D eigenvalue weighted by Gasteiger charge is 2.42. The van der Waals surface area contributed by atoms with Gasteiger partial charge in [0.25, 0.3) is 0 Å². The minimum atomic E-state index is -0.795. The molecule has 1 aliphatic carbocycles. The first-order valence-corrected chi connectivity index (χ1v) is 16.1. The number of methoxy groups -OCH3 is 2. The molecule has 0 bridgehead atoms. The molecule has 12 nitrogen and oxygen atoms in total. The van der Waals surface area contributed by atoms with Gasteiger partial charge in [-0.15, -0.1) is 12.4 Å². The van der Waals surface area contributed by atoms with Gasteiger partial charge in [0.05, 0.1) is 14.2 Å². The molecule has 3 atom stereocenters. The Morgan fingerprint density at radius 3 is 2.02 bits per heavy atom. The van der Waals surface area contributed by atoms with Crippen molar-refractivity contribution in [2.24, 2.45) is 5.92 Å². The van der Waals surface area contributed by atoms with Crippen LogP contribution in [0.15, 0.2) is 36.4 Å². The van der Waals surface area contributed by atoms with Crippen LogP contribution in [0.2, 0.25) is 0 Å². The molecule has 2 heterocycles. The number of aromatic hydroxyl groups is 2. The fourth-order valence-electron chi connectivity index (χ4n) is 6.42. The van der Waals surface area contributed by atoms with Crippen molar-refractivity contribution in [3.63, 3.8) is 0 Å². The first-order chi connectivity index (χ1) is 22.3. The number of phenols is 2. The lowest BCUT2D eigenvalue weighted by Gasteiger charge is -2.39. The molecular formula is C35H48ClN3O9. The number of ether oxygens (including phenoxy) is 3. The Kier molecular flexibility index (Phi) is 13.5. The van der Waals surface area contributed by atoms with E-state index in [0.29, 0.717) is 13.0 Å². The van der Waals surface area contributed by atoms with E-state index in [1.807, 2.05) is 6.07 Å². The fraction of sp³-hybridized carbons (Fsp3) is 0.543. The van der Waals surface area contributed by atoms with Gasteiger partial charge in [-0.3, -0.25) is 9.59 Å². The summed E-state index contributed by atoms with van der Waals surface area (Å²) in [6.07, 6.45) is 4.97. The van der Waals surface area contributed by atoms with Crippen LogP contribution < -0.4 is 10.6 Å². The zero-order valence-electron chi connectivity index (χ0n) is 28.2. The van der Waals surface area contributed by atoms with E-state index in [-0.39, 0.29) is 60.7 Å². The summed E-state index contributed by atoms with van der Waals surface area (Å²) in [6.45, 7) is 6.05. The van der Waals surface area contributed by atoms with Crippen LogP contribution in [-0.4, -0.2) is 77.0 Å². The predicted molar refractivity (Wildman–Crippen MR) is 180 cm³/mol. The number of nitrogens with one attached hydrogen (secondary N) is 2. The molecule has 2 aromatic rings. The largest absolute Gasteiger partial charge is 0.508 e. The standard InChI is InChI=1S/C24H34N2O6.C11H13NO3.ClH/c1-24(2,3)32-23(30)25-20(15-8-6-5-7-9-15)21(28)26-14-17-12-18(27)11-10-16(17)13-19(26)22(29)31-4;1-15-11(14)10-5-7-2-3-9(13)4-8(7)6-12-10;/h10-12,15,19-20,27H,5-9,13-14H2,1-4H3,(H,25,30);2-4,10,12-13H,5-6H2,1H3;1H/t19-,20-;;/m0../s1. The van der Waals surface area contributed by atoms with Crippen molar-refractivity contribution in [3.8, 4) is 11.5 Å². The molecule has 0 saturated heterocycles. The van der Waals surface area contributed by atoms with E-state index < -0.39 is 29.7 Å². The van der Waals surface area contributed by atoms with Crippen molar-refractivity contribution in [2.45, 2.75) is 103 Å². The predicted octanol–water partition coefficient (Wildman–Crippen LogP) is 4.29. The first-order valence-electron chi connectivity index (χ1n) is 16.1. The van der Waals surface area contributed by atoms with Crippen molar-refractivity contribution in [1.82, 2.24) is 15.5 Å². The van der Waals surface area contributed by atoms with E-state index in [4.69, 9.17) is 9.47 Å². The van der Waals surface area contributed by atoms with Crippen LogP contribution in [0.4, 0.5) is 4.79 Å². The minimum Gasteiger partial charge on any atom is -0.508 e. The van der Waals surface area contributed by atoms with E-state index in [2.05, 4.69) is 15.4 Å². The Morgan fingerprint density at radius 2 is 1.44 bits per heavy atom. The first kappa shape index (κ1) is 38.4. The number of esters is 2. The van der Waals surface area contributed by atoms with Crippen LogP contribution in [-0.2, 0) is 54.5 Å². The third-order valence-electron chi connectivity index (χ3n) is 8.77. The van der Waals surface area contributed by atoms with Crippen LogP contribution in [0.5, 0.6) is 11.5 Å². The lowest BCUT2D eigenvalue weighted by Crippen LogP contribution is -2.58. The molecule has 4 N–H and O–H groups in total. The smallest absolute Gasteiger partial charge is 0.408 e. The summed E-state index contributed by atoms with van der Waals surface area (Å²) in [6, 6.07) is 8.29. The van der Waals surface area contributed by atoms with E-state index in [0.717, 1.165) is 54.4 Å². The number of fused-ring (bicyclic) bond motifs is 2. The summed E-state index contributed by atoms with van der Waals surface area (Å²) < 4.78 is 15.1. The average molecular weight is 690 g/mol. The van der Waals surface area contributed by atoms with Gasteiger partial charge in [0.1, 0.15) is 35.2 Å². The Bertz CT molecular complexity index is 1460. The van der Waals surface area contributed by atoms with Gasteiger partial charge in [0.2, 0.25) is 5.91 Å². The number of rotatable bonds is 5. The Balaban J connectivity index is 0.000000326. The number of carbonyl (C=O) groups excluding carboxylic acids is 4. The maximum atomic E-state index is 13.8. The Morgan fingerprint density at radius 1 is 0.854 bits per heavy atom. The molecule has 1 saturated carbocycles. The Hall–Kier alpha value is -4.03. The van der Waals surface area contributed by atoms with Gasteiger partial charge >= 0.3 is 18.0 Å². The molecule has 0 spiro atoms. The van der Waals surface area contributed by atoms with E-state index in [1.165, 1.54) is 19.1 Å². The van der Waals surface area contributed by atoms with Gasteiger partial charge in [-0.2, -0.15) is 0 Å². The summed E-state index contributed by atoms with van der Waals surface area (Å²) in [5, 5.41) is 25.1. The van der Waals surface area contributed by atoms with Gasteiger partial charge < -0.3 is 40.0 Å². The second kappa shape index (κ2) is 16.9. The number of amides is 2. The molecule has 0 radical (unpaired) electrons. The number of benzene rings is 2. The van der Waals surface area contributed by atoms with Crippen molar-refractivity contribution in [2.75, 3.05) is 14.2 Å². The molecule has 48 heavy (non-hydrogen) atoms. The molecular weight excluding hydrogens is 642 g/mol. The molecule has 0 aromatic heterocycles. The maximum absolute atomic E-state index is 13.8. The molecule has 3 aliphatic rings. The van der Waals surface area contributed by atoms with Gasteiger partial charge in [-0.1, -0.05) is 31.4 Å². The monoisotopic (exact) mass is 689 g/mol. The lowest BCUT2D eigenvalue weighted by atomic mass is 9.82. The van der Waals surface area contributed by atoms with Gasteiger partial charge in [-0.25, -0.2) is 9.59 Å². The average Bonchev–Trinajstić information content (AvgIpc) is 3.05. The number of nitrogens with zero attached hydrogens (tertiary/aromatic N) is 1. The van der Waals surface area contributed by atoms with Crippen LogP contribution in [0, 0.1) is 5.92 Å². The van der Waals surface area contributed by atoms with Gasteiger partial charge in [0, 0.05) is 19.5 Å². The third kappa shape index (κ3) is 9.99. The van der Waals surface area contributed by atoms with Crippen LogP contribution in [0.25, 0.3) is 0 Å². The molecule has 2 aliphatic heterocycles. The van der Waals surface area contributed by atoms with Gasteiger partial charge in [0.15, 0.2) is 0 Å². The van der Waals surface area contributed by atoms with E-state index in [9.17, 15) is 29.4 Å². The molecule has 2 aromatic carbocycles. The summed E-state index contributed by atoms with van der Waals surface area (Å²) in [5.74, 6) is -0.749. The maximum Gasteiger partial charge on any atom is 0.408 e. The molecule has 1 unspecified atom stereocenters. The van der Waals surface area contributed by atoms with Gasteiger partial charge in [-0.05, 0) is 92.5 Å². The van der Waals surface area contributed by atoms with Crippen molar-refractivity contribution < 1.29 is 43.6 Å². The van der Waals surface area contributed by atoms with Crippen LogP contribution in [0.1, 0.15) is 75.1 Å². The SMILES string of the molecule is COC(=O)C1Cc2ccc(O)cc2CN1.COC(=O)[C@@H]1Cc2ccc(O)cc2CN1C(=O)[C@@H](NC(=O)OC(C)(C)C)C1CCCCC1.Cl. The zero-order valence-corrected chi connectivity index (χ0v) is 29.1. The lowest BCUT2D eigenvalue weighted by molar-refractivity contribution is -0.155. The second-order valence-corrected chi connectivity index (χ2v) is 13.3. The Labute approximate surface area is 287 Å². The quantitative estimate of drug-likeness (QED) is 0.263. The topological polar surface area (TPSA) is 164 Å². The summed E-state index contributed by atoms with van der Waals surface area (Å²) in [4.78, 5) is 51.8. The summed E-state index contributed by atoms with van der Waals surface area (Å²) >= 11 is 0. The van der Waals surface area contributed by atoms with E-state index in [1.54, 1.807) is 51.1 Å². The third-order valence-corrected chi connectivity index (χ3v) is 8.77. The number of halogens is 1. The summed E-state index contributed by atoms with van der Waals surface area (Å²) in [5.41, 5.74) is 3.09. The van der Waals surface area contributed by atoms with E-state index >= 15 is 0 Å². The number of carbonyl (C=O) groups is 4. The number of alkyl carbamates (subject to hydrolysis) is 1. The highest BCUT2D eigenvalue weighted by molar-refractivity contribution is 5.90. The fourth-order valence-corrected chi connectivity index (χ4v) is 6.42. The molecule has 5 rings (SSSR count). The molecule has 13 heteroatoms. The molecule has 1 fully saturated rings. The summed E-state index contributed by atoms with van der Waals surface area (Å²) in [7, 11) is 2.69. The minimum absolute atomic E-state index is 0. The normalized spacial score (nSPS) is 19.5.